The summed E-state index contributed by atoms with van der Waals surface area (Å²) in [5.74, 6) is 1.04. The second-order valence-electron chi connectivity index (χ2n) is 33.2. The van der Waals surface area contributed by atoms with Crippen molar-refractivity contribution in [2.45, 2.75) is 472 Å². The Morgan fingerprint density at radius 1 is 0.236 bits per heavy atom. The normalized spacial score (nSPS) is 13.9. The van der Waals surface area contributed by atoms with Crippen molar-refractivity contribution in [3.05, 3.63) is 0 Å². The number of carbonyl (C=O) groups is 4. The molecule has 0 spiro atoms. The monoisotopic (exact) mass is 1550 g/mol. The molecule has 0 rings (SSSR count). The Labute approximate surface area is 651 Å². The first-order valence-electron chi connectivity index (χ1n) is 44.7. The summed E-state index contributed by atoms with van der Waals surface area (Å²) >= 11 is 0. The number of unbranched alkanes of at least 4 members (excludes halogenated alkanes) is 50. The van der Waals surface area contributed by atoms with E-state index < -0.39 is 97.5 Å². The van der Waals surface area contributed by atoms with E-state index in [-0.39, 0.29) is 25.7 Å². The van der Waals surface area contributed by atoms with Crippen LogP contribution < -0.4 is 0 Å². The van der Waals surface area contributed by atoms with Gasteiger partial charge in [0.2, 0.25) is 0 Å². The maximum Gasteiger partial charge on any atom is 0.472 e. The number of rotatable bonds is 84. The van der Waals surface area contributed by atoms with Gasteiger partial charge < -0.3 is 33.8 Å². The average Bonchev–Trinajstić information content (AvgIpc) is 0.900. The summed E-state index contributed by atoms with van der Waals surface area (Å²) in [6.45, 7) is 14.3. The van der Waals surface area contributed by atoms with Crippen LogP contribution in [0.15, 0.2) is 0 Å². The van der Waals surface area contributed by atoms with Gasteiger partial charge in [-0.05, 0) is 49.4 Å². The summed E-state index contributed by atoms with van der Waals surface area (Å²) in [5, 5.41) is 10.7. The van der Waals surface area contributed by atoms with Crippen molar-refractivity contribution in [1.82, 2.24) is 0 Å². The summed E-state index contributed by atoms with van der Waals surface area (Å²) < 4.78 is 68.9. The zero-order chi connectivity index (χ0) is 78.1. The number of phosphoric ester groups is 2. The van der Waals surface area contributed by atoms with E-state index in [1.54, 1.807) is 0 Å². The molecule has 0 bridgehead atoms. The Balaban J connectivity index is 5.25. The number of hydrogen-bond acceptors (Lipinski definition) is 15. The van der Waals surface area contributed by atoms with Gasteiger partial charge in [0.05, 0.1) is 26.4 Å². The molecule has 0 aromatic rings. The van der Waals surface area contributed by atoms with E-state index in [4.69, 9.17) is 37.0 Å². The van der Waals surface area contributed by atoms with Crippen molar-refractivity contribution in [3.8, 4) is 0 Å². The third-order valence-electron chi connectivity index (χ3n) is 20.3. The van der Waals surface area contributed by atoms with Gasteiger partial charge in [-0.1, -0.05) is 402 Å². The zero-order valence-electron chi connectivity index (χ0n) is 70.1. The molecule has 17 nitrogen and oxygen atoms in total. The molecule has 0 aromatic carbocycles. The zero-order valence-corrected chi connectivity index (χ0v) is 71.9. The summed E-state index contributed by atoms with van der Waals surface area (Å²) in [4.78, 5) is 73.3. The van der Waals surface area contributed by atoms with Crippen LogP contribution >= 0.6 is 15.6 Å². The molecule has 0 aliphatic heterocycles. The molecule has 0 aliphatic carbocycles. The highest BCUT2D eigenvalue weighted by atomic mass is 31.2. The molecule has 0 amide bonds. The SMILES string of the molecule is CC(C)CCCCCCCCCCCCCCCCCCCCC(=O)O[C@H](COC(=O)CCCCCCCCCCCCCCCCCCC(C)C)COP(=O)(O)OC[C@@H](O)COP(=O)(O)OC[C@@H](COC(=O)CCCCCCCCCCCCC(C)C)OC(=O)CCCCCCCCCCCCC(C)C. The number of esters is 4. The van der Waals surface area contributed by atoms with Crippen molar-refractivity contribution in [2.75, 3.05) is 39.6 Å². The first kappa shape index (κ1) is 104. The van der Waals surface area contributed by atoms with E-state index in [2.05, 4.69) is 55.4 Å². The lowest BCUT2D eigenvalue weighted by Crippen LogP contribution is -2.30. The van der Waals surface area contributed by atoms with Crippen LogP contribution in [0.5, 0.6) is 0 Å². The molecule has 0 aliphatic rings. The Hall–Kier alpha value is -1.94. The largest absolute Gasteiger partial charge is 0.472 e. The summed E-state index contributed by atoms with van der Waals surface area (Å²) in [5.41, 5.74) is 0. The Morgan fingerprint density at radius 2 is 0.396 bits per heavy atom. The van der Waals surface area contributed by atoms with Gasteiger partial charge in [0.25, 0.3) is 0 Å². The molecule has 106 heavy (non-hydrogen) atoms. The third-order valence-corrected chi connectivity index (χ3v) is 22.2. The minimum atomic E-state index is -4.97. The number of aliphatic hydroxyl groups is 1. The second-order valence-corrected chi connectivity index (χ2v) is 36.1. The molecule has 0 saturated carbocycles. The average molecular weight is 1550 g/mol. The van der Waals surface area contributed by atoms with Gasteiger partial charge in [0.15, 0.2) is 12.2 Å². The lowest BCUT2D eigenvalue weighted by molar-refractivity contribution is -0.161. The number of hydrogen-bond donors (Lipinski definition) is 3. The molecular weight excluding hydrogens is 1380 g/mol. The molecule has 3 N–H and O–H groups in total. The lowest BCUT2D eigenvalue weighted by atomic mass is 10.0. The number of aliphatic hydroxyl groups excluding tert-OH is 1. The molecule has 0 aromatic heterocycles. The van der Waals surface area contributed by atoms with E-state index in [1.165, 1.54) is 257 Å². The quantitative estimate of drug-likeness (QED) is 0.0222. The molecule has 19 heteroatoms. The standard InChI is InChI=1S/C87H170O17P2/c1-77(2)63-55-47-39-31-23-19-15-11-9-10-12-18-22-26-37-45-53-61-69-86(91)103-82(73-97-84(89)67-59-51-43-35-25-21-17-14-13-16-20-24-32-40-48-56-64-78(3)4)75-101-105(93,94)99-71-81(88)72-100-106(95,96)102-76-83(104-87(92)70-62-54-46-38-30-28-34-42-50-58-66-80(7)8)74-98-85(90)68-60-52-44-36-29-27-33-41-49-57-65-79(5)6/h77-83,88H,9-76H2,1-8H3,(H,93,94)(H,95,96)/t81-,82-,83-/m1/s1. The smallest absolute Gasteiger partial charge is 0.462 e. The van der Waals surface area contributed by atoms with Crippen molar-refractivity contribution in [1.29, 1.82) is 0 Å². The molecule has 5 atom stereocenters. The minimum Gasteiger partial charge on any atom is -0.462 e. The van der Waals surface area contributed by atoms with Crippen molar-refractivity contribution >= 4 is 39.5 Å². The first-order chi connectivity index (χ1) is 51.1. The van der Waals surface area contributed by atoms with E-state index in [0.717, 1.165) is 114 Å². The summed E-state index contributed by atoms with van der Waals surface area (Å²) in [6, 6.07) is 0. The minimum absolute atomic E-state index is 0.106. The maximum absolute atomic E-state index is 13.2. The molecule has 0 fully saturated rings. The van der Waals surface area contributed by atoms with Gasteiger partial charge in [-0.15, -0.1) is 0 Å². The Kier molecular flexibility index (Phi) is 74.3. The Bertz CT molecular complexity index is 2060. The topological polar surface area (TPSA) is 237 Å². The number of phosphoric acid groups is 2. The van der Waals surface area contributed by atoms with E-state index in [1.807, 2.05) is 0 Å². The van der Waals surface area contributed by atoms with Crippen LogP contribution in [-0.4, -0.2) is 96.7 Å². The van der Waals surface area contributed by atoms with Crippen molar-refractivity contribution in [2.24, 2.45) is 23.7 Å². The van der Waals surface area contributed by atoms with E-state index in [9.17, 15) is 43.2 Å². The van der Waals surface area contributed by atoms with Gasteiger partial charge >= 0.3 is 39.5 Å². The van der Waals surface area contributed by atoms with Crippen LogP contribution in [0.2, 0.25) is 0 Å². The van der Waals surface area contributed by atoms with Gasteiger partial charge in [-0.3, -0.25) is 37.3 Å². The molecule has 0 heterocycles. The molecule has 0 radical (unpaired) electrons. The number of ether oxygens (including phenoxy) is 4. The van der Waals surface area contributed by atoms with Gasteiger partial charge in [-0.25, -0.2) is 9.13 Å². The fraction of sp³-hybridized carbons (Fsp3) is 0.954. The molecular formula is C87H170O17P2. The van der Waals surface area contributed by atoms with Crippen LogP contribution in [0, 0.1) is 23.7 Å². The van der Waals surface area contributed by atoms with Gasteiger partial charge in [0, 0.05) is 25.7 Å². The van der Waals surface area contributed by atoms with Gasteiger partial charge in [0.1, 0.15) is 19.3 Å². The first-order valence-corrected chi connectivity index (χ1v) is 47.7. The predicted molar refractivity (Wildman–Crippen MR) is 437 cm³/mol. The van der Waals surface area contributed by atoms with Crippen LogP contribution in [0.3, 0.4) is 0 Å². The van der Waals surface area contributed by atoms with Gasteiger partial charge in [-0.2, -0.15) is 0 Å². The van der Waals surface area contributed by atoms with E-state index >= 15 is 0 Å². The summed E-state index contributed by atoms with van der Waals surface area (Å²) in [7, 11) is -9.93. The Morgan fingerprint density at radius 3 is 0.585 bits per heavy atom. The molecule has 630 valence electrons. The predicted octanol–water partition coefficient (Wildman–Crippen LogP) is 26.3. The maximum atomic E-state index is 13.2. The van der Waals surface area contributed by atoms with Crippen LogP contribution in [0.1, 0.15) is 453 Å². The van der Waals surface area contributed by atoms with Crippen LogP contribution in [0.25, 0.3) is 0 Å². The highest BCUT2D eigenvalue weighted by Crippen LogP contribution is 2.45. The highest BCUT2D eigenvalue weighted by molar-refractivity contribution is 7.47. The third kappa shape index (κ3) is 80.1. The molecule has 0 saturated heterocycles. The highest BCUT2D eigenvalue weighted by Gasteiger charge is 2.31. The van der Waals surface area contributed by atoms with Crippen molar-refractivity contribution < 1.29 is 80.2 Å². The fourth-order valence-corrected chi connectivity index (χ4v) is 15.1. The number of carbonyl (C=O) groups excluding carboxylic acids is 4. The van der Waals surface area contributed by atoms with E-state index in [0.29, 0.717) is 25.7 Å². The fourth-order valence-electron chi connectivity index (χ4n) is 13.5. The van der Waals surface area contributed by atoms with Crippen molar-refractivity contribution in [3.63, 3.8) is 0 Å². The second kappa shape index (κ2) is 75.7. The lowest BCUT2D eigenvalue weighted by Gasteiger charge is -2.21. The van der Waals surface area contributed by atoms with Crippen LogP contribution in [0.4, 0.5) is 0 Å². The molecule has 2 unspecified atom stereocenters. The summed E-state index contributed by atoms with van der Waals surface area (Å²) in [6.07, 6.45) is 65.3. The van der Waals surface area contributed by atoms with Crippen LogP contribution in [-0.2, 0) is 65.4 Å².